The first-order chi connectivity index (χ1) is 14.6. The predicted molar refractivity (Wildman–Crippen MR) is 119 cm³/mol. The van der Waals surface area contributed by atoms with Gasteiger partial charge in [0, 0.05) is 10.6 Å². The van der Waals surface area contributed by atoms with Crippen molar-refractivity contribution in [2.24, 2.45) is 0 Å². The van der Waals surface area contributed by atoms with Crippen molar-refractivity contribution in [3.63, 3.8) is 0 Å². The van der Waals surface area contributed by atoms with Gasteiger partial charge in [0.25, 0.3) is 11.8 Å². The Kier molecular flexibility index (Phi) is 5.68. The van der Waals surface area contributed by atoms with Crippen LogP contribution in [0, 0.1) is 0 Å². The molecule has 3 aromatic rings. The highest BCUT2D eigenvalue weighted by molar-refractivity contribution is 7.11. The molecule has 2 aromatic carbocycles. The fourth-order valence-corrected chi connectivity index (χ4v) is 4.13. The summed E-state index contributed by atoms with van der Waals surface area (Å²) in [5.41, 5.74) is 3.59. The number of methoxy groups -OCH3 is 1. The number of imide groups is 1. The van der Waals surface area contributed by atoms with Gasteiger partial charge >= 0.3 is 0 Å². The van der Waals surface area contributed by atoms with Crippen LogP contribution in [0.2, 0.25) is 0 Å². The van der Waals surface area contributed by atoms with Crippen molar-refractivity contribution in [3.05, 3.63) is 87.7 Å². The molecule has 4 rings (SSSR count). The van der Waals surface area contributed by atoms with Gasteiger partial charge in [-0.15, -0.1) is 11.3 Å². The molecule has 0 saturated heterocycles. The molecule has 0 unspecified atom stereocenters. The van der Waals surface area contributed by atoms with E-state index in [1.165, 1.54) is 21.8 Å². The Bertz CT molecular complexity index is 1080. The number of nitrogens with zero attached hydrogens (tertiary/aromatic N) is 1. The zero-order valence-corrected chi connectivity index (χ0v) is 17.7. The average Bonchev–Trinajstić information content (AvgIpc) is 3.38. The smallest absolute Gasteiger partial charge is 0.278 e. The van der Waals surface area contributed by atoms with Crippen molar-refractivity contribution in [3.8, 4) is 5.75 Å². The van der Waals surface area contributed by atoms with E-state index in [4.69, 9.17) is 4.74 Å². The number of benzene rings is 2. The second kappa shape index (κ2) is 8.55. The molecule has 0 radical (unpaired) electrons. The van der Waals surface area contributed by atoms with E-state index < -0.39 is 0 Å². The first-order valence-electron chi connectivity index (χ1n) is 9.74. The number of carbonyl (C=O) groups excluding carboxylic acids is 2. The molecule has 6 heteroatoms. The minimum Gasteiger partial charge on any atom is -0.497 e. The number of aryl methyl sites for hydroxylation is 1. The molecule has 2 heterocycles. The second-order valence-electron chi connectivity index (χ2n) is 6.95. The molecule has 1 aromatic heterocycles. The molecule has 1 aliphatic rings. The van der Waals surface area contributed by atoms with Crippen LogP contribution in [-0.4, -0.2) is 23.8 Å². The van der Waals surface area contributed by atoms with Gasteiger partial charge < -0.3 is 10.1 Å². The summed E-state index contributed by atoms with van der Waals surface area (Å²) in [5, 5.41) is 5.10. The van der Waals surface area contributed by atoms with Crippen LogP contribution in [0.5, 0.6) is 5.75 Å². The van der Waals surface area contributed by atoms with E-state index in [0.29, 0.717) is 11.3 Å². The fourth-order valence-electron chi connectivity index (χ4n) is 3.37. The van der Waals surface area contributed by atoms with Crippen LogP contribution in [0.25, 0.3) is 5.57 Å². The minimum atomic E-state index is -0.321. The molecule has 0 saturated carbocycles. The highest BCUT2D eigenvalue weighted by Crippen LogP contribution is 2.33. The van der Waals surface area contributed by atoms with Gasteiger partial charge in [0.2, 0.25) is 0 Å². The lowest BCUT2D eigenvalue weighted by atomic mass is 10.1. The number of amides is 2. The summed E-state index contributed by atoms with van der Waals surface area (Å²) in [6, 6.07) is 19.0. The third kappa shape index (κ3) is 3.86. The van der Waals surface area contributed by atoms with Crippen molar-refractivity contribution < 1.29 is 14.3 Å². The Labute approximate surface area is 179 Å². The van der Waals surface area contributed by atoms with Crippen LogP contribution in [0.4, 0.5) is 5.69 Å². The Morgan fingerprint density at radius 2 is 1.63 bits per heavy atom. The number of nitrogens with one attached hydrogen (secondary N) is 1. The monoisotopic (exact) mass is 418 g/mol. The maximum Gasteiger partial charge on any atom is 0.278 e. The molecule has 0 atom stereocenters. The molecule has 0 bridgehead atoms. The van der Waals surface area contributed by atoms with Crippen molar-refractivity contribution >= 4 is 34.4 Å². The SMILES string of the molecule is CCc1ccc(NC2=C(c3cccs3)C(=O)N(Cc3ccc(OC)cc3)C2=O)cc1. The lowest BCUT2D eigenvalue weighted by Crippen LogP contribution is -2.31. The molecule has 5 nitrogen and oxygen atoms in total. The lowest BCUT2D eigenvalue weighted by Gasteiger charge is -2.15. The van der Waals surface area contributed by atoms with Gasteiger partial charge in [-0.25, -0.2) is 0 Å². The van der Waals surface area contributed by atoms with Crippen LogP contribution in [-0.2, 0) is 22.6 Å². The first kappa shape index (κ1) is 19.9. The second-order valence-corrected chi connectivity index (χ2v) is 7.89. The van der Waals surface area contributed by atoms with E-state index >= 15 is 0 Å². The Balaban J connectivity index is 1.65. The number of hydrogen-bond donors (Lipinski definition) is 1. The fraction of sp³-hybridized carbons (Fsp3) is 0.167. The predicted octanol–water partition coefficient (Wildman–Crippen LogP) is 4.71. The zero-order chi connectivity index (χ0) is 21.1. The highest BCUT2D eigenvalue weighted by Gasteiger charge is 2.39. The number of carbonyl (C=O) groups is 2. The summed E-state index contributed by atoms with van der Waals surface area (Å²) in [6.45, 7) is 2.30. The molecule has 152 valence electrons. The van der Waals surface area contributed by atoms with Crippen LogP contribution in [0.1, 0.15) is 22.9 Å². The normalized spacial score (nSPS) is 13.9. The van der Waals surface area contributed by atoms with Crippen molar-refractivity contribution in [2.45, 2.75) is 19.9 Å². The number of thiophene rings is 1. The molecule has 1 aliphatic heterocycles. The van der Waals surface area contributed by atoms with E-state index in [9.17, 15) is 9.59 Å². The summed E-state index contributed by atoms with van der Waals surface area (Å²) < 4.78 is 5.18. The lowest BCUT2D eigenvalue weighted by molar-refractivity contribution is -0.137. The average molecular weight is 419 g/mol. The zero-order valence-electron chi connectivity index (χ0n) is 16.8. The van der Waals surface area contributed by atoms with Crippen LogP contribution >= 0.6 is 11.3 Å². The van der Waals surface area contributed by atoms with E-state index in [1.54, 1.807) is 7.11 Å². The summed E-state index contributed by atoms with van der Waals surface area (Å²) >= 11 is 1.45. The summed E-state index contributed by atoms with van der Waals surface area (Å²) in [5.74, 6) is 0.123. The number of anilines is 1. The largest absolute Gasteiger partial charge is 0.497 e. The van der Waals surface area contributed by atoms with Crippen LogP contribution < -0.4 is 10.1 Å². The molecular formula is C24H22N2O3S. The number of ether oxygens (including phenoxy) is 1. The van der Waals surface area contributed by atoms with Crippen molar-refractivity contribution in [1.29, 1.82) is 0 Å². The topological polar surface area (TPSA) is 58.6 Å². The van der Waals surface area contributed by atoms with Crippen molar-refractivity contribution in [1.82, 2.24) is 4.90 Å². The summed E-state index contributed by atoms with van der Waals surface area (Å²) in [7, 11) is 1.60. The van der Waals surface area contributed by atoms with Gasteiger partial charge in [0.05, 0.1) is 19.2 Å². The molecule has 0 aliphatic carbocycles. The van der Waals surface area contributed by atoms with Gasteiger partial charge in [-0.3, -0.25) is 14.5 Å². The molecule has 2 amide bonds. The molecule has 0 spiro atoms. The molecule has 1 N–H and O–H groups in total. The third-order valence-electron chi connectivity index (χ3n) is 5.07. The van der Waals surface area contributed by atoms with Crippen LogP contribution in [0.3, 0.4) is 0 Å². The Hall–Kier alpha value is -3.38. The highest BCUT2D eigenvalue weighted by atomic mass is 32.1. The van der Waals surface area contributed by atoms with E-state index in [0.717, 1.165) is 28.3 Å². The summed E-state index contributed by atoms with van der Waals surface area (Å²) in [6.07, 6.45) is 0.941. The minimum absolute atomic E-state index is 0.205. The first-order valence-corrected chi connectivity index (χ1v) is 10.6. The maximum absolute atomic E-state index is 13.2. The number of rotatable bonds is 7. The maximum atomic E-state index is 13.2. The standard InChI is InChI=1S/C24H22N2O3S/c1-3-16-6-10-18(11-7-16)25-22-21(20-5-4-14-30-20)23(27)26(24(22)28)15-17-8-12-19(29-2)13-9-17/h4-14,25H,3,15H2,1-2H3. The van der Waals surface area contributed by atoms with Gasteiger partial charge in [-0.2, -0.15) is 0 Å². The quantitative estimate of drug-likeness (QED) is 0.565. The van der Waals surface area contributed by atoms with Crippen LogP contribution in [0.15, 0.2) is 71.7 Å². The number of hydrogen-bond acceptors (Lipinski definition) is 5. The molecular weight excluding hydrogens is 396 g/mol. The van der Waals surface area contributed by atoms with E-state index in [1.807, 2.05) is 66.0 Å². The third-order valence-corrected chi connectivity index (χ3v) is 5.95. The molecule has 30 heavy (non-hydrogen) atoms. The van der Waals surface area contributed by atoms with Gasteiger partial charge in [0.1, 0.15) is 11.4 Å². The van der Waals surface area contributed by atoms with Gasteiger partial charge in [-0.1, -0.05) is 37.3 Å². The van der Waals surface area contributed by atoms with E-state index in [-0.39, 0.29) is 18.4 Å². The molecule has 0 fully saturated rings. The van der Waals surface area contributed by atoms with Gasteiger partial charge in [0.15, 0.2) is 0 Å². The van der Waals surface area contributed by atoms with E-state index in [2.05, 4.69) is 12.2 Å². The van der Waals surface area contributed by atoms with Crippen molar-refractivity contribution in [2.75, 3.05) is 12.4 Å². The summed E-state index contributed by atoms with van der Waals surface area (Å²) in [4.78, 5) is 28.5. The Morgan fingerprint density at radius 1 is 0.933 bits per heavy atom. The van der Waals surface area contributed by atoms with Gasteiger partial charge in [-0.05, 0) is 53.3 Å². The Morgan fingerprint density at radius 3 is 2.23 bits per heavy atom.